The van der Waals surface area contributed by atoms with E-state index in [0.29, 0.717) is 6.04 Å². The second kappa shape index (κ2) is 5.35. The van der Waals surface area contributed by atoms with Crippen molar-refractivity contribution in [1.82, 2.24) is 0 Å². The molecule has 1 heterocycles. The molecule has 19 heavy (non-hydrogen) atoms. The van der Waals surface area contributed by atoms with E-state index in [0.717, 1.165) is 10.2 Å². The Labute approximate surface area is 125 Å². The van der Waals surface area contributed by atoms with Crippen molar-refractivity contribution >= 4 is 43.0 Å². The van der Waals surface area contributed by atoms with E-state index in [-0.39, 0.29) is 0 Å². The van der Waals surface area contributed by atoms with Gasteiger partial charge in [0.05, 0.1) is 6.04 Å². The molecule has 0 aliphatic carbocycles. The molecule has 0 saturated heterocycles. The molecule has 0 amide bonds. The Morgan fingerprint density at radius 3 is 2.53 bits per heavy atom. The highest BCUT2D eigenvalue weighted by Crippen LogP contribution is 2.31. The summed E-state index contributed by atoms with van der Waals surface area (Å²) >= 11 is 5.31. The minimum absolute atomic E-state index is 0.318. The number of hydrogen-bond donors (Lipinski definition) is 1. The van der Waals surface area contributed by atoms with Gasteiger partial charge in [-0.25, -0.2) is 0 Å². The van der Waals surface area contributed by atoms with Crippen LogP contribution in [0.5, 0.6) is 0 Å². The summed E-state index contributed by atoms with van der Waals surface area (Å²) in [5, 5.41) is 4.86. The Bertz CT molecular complexity index is 654. The van der Waals surface area contributed by atoms with Crippen LogP contribution in [0.3, 0.4) is 0 Å². The monoisotopic (exact) mass is 331 g/mol. The van der Waals surface area contributed by atoms with Crippen LogP contribution in [0.25, 0.3) is 10.1 Å². The van der Waals surface area contributed by atoms with E-state index in [1.807, 2.05) is 11.3 Å². The molecule has 3 rings (SSSR count). The fraction of sp³-hybridized carbons (Fsp3) is 0.125. The third-order valence-electron chi connectivity index (χ3n) is 3.10. The SMILES string of the molecule is CC(Nc1ccc(Br)cc1)c1cc2ccccc2s1. The normalized spacial score (nSPS) is 12.5. The van der Waals surface area contributed by atoms with Gasteiger partial charge in [-0.15, -0.1) is 11.3 Å². The lowest BCUT2D eigenvalue weighted by molar-refractivity contribution is 0.909. The standard InChI is InChI=1S/C16H14BrNS/c1-11(18-14-8-6-13(17)7-9-14)16-10-12-4-2-3-5-15(12)19-16/h2-11,18H,1H3. The second-order valence-corrected chi connectivity index (χ2v) is 6.59. The lowest BCUT2D eigenvalue weighted by Gasteiger charge is -2.13. The van der Waals surface area contributed by atoms with Crippen molar-refractivity contribution in [1.29, 1.82) is 0 Å². The van der Waals surface area contributed by atoms with E-state index >= 15 is 0 Å². The van der Waals surface area contributed by atoms with Crippen molar-refractivity contribution in [2.75, 3.05) is 5.32 Å². The van der Waals surface area contributed by atoms with Gasteiger partial charge in [0.1, 0.15) is 0 Å². The van der Waals surface area contributed by atoms with Gasteiger partial charge >= 0.3 is 0 Å². The predicted molar refractivity (Wildman–Crippen MR) is 88.0 cm³/mol. The molecule has 0 fully saturated rings. The summed E-state index contributed by atoms with van der Waals surface area (Å²) in [6, 6.07) is 19.4. The van der Waals surface area contributed by atoms with Gasteiger partial charge in [-0.3, -0.25) is 0 Å². The van der Waals surface area contributed by atoms with Crippen molar-refractivity contribution in [2.45, 2.75) is 13.0 Å². The highest BCUT2D eigenvalue weighted by atomic mass is 79.9. The molecule has 0 saturated carbocycles. The Balaban J connectivity index is 1.83. The van der Waals surface area contributed by atoms with Gasteiger partial charge in [-0.2, -0.15) is 0 Å². The Morgan fingerprint density at radius 1 is 1.05 bits per heavy atom. The van der Waals surface area contributed by atoms with Crippen molar-refractivity contribution in [3.05, 3.63) is 63.9 Å². The molecule has 3 heteroatoms. The highest BCUT2D eigenvalue weighted by Gasteiger charge is 2.09. The predicted octanol–water partition coefficient (Wildman–Crippen LogP) is 5.84. The average molecular weight is 332 g/mol. The van der Waals surface area contributed by atoms with Crippen LogP contribution in [0.4, 0.5) is 5.69 Å². The van der Waals surface area contributed by atoms with E-state index in [4.69, 9.17) is 0 Å². The van der Waals surface area contributed by atoms with Crippen molar-refractivity contribution < 1.29 is 0 Å². The Morgan fingerprint density at radius 2 is 1.79 bits per heavy atom. The summed E-state index contributed by atoms with van der Waals surface area (Å²) in [5.41, 5.74) is 1.15. The summed E-state index contributed by atoms with van der Waals surface area (Å²) in [5.74, 6) is 0. The fourth-order valence-electron chi connectivity index (χ4n) is 2.08. The fourth-order valence-corrected chi connectivity index (χ4v) is 3.41. The number of hydrogen-bond acceptors (Lipinski definition) is 2. The lowest BCUT2D eigenvalue weighted by atomic mass is 10.2. The van der Waals surface area contributed by atoms with Crippen LogP contribution in [-0.4, -0.2) is 0 Å². The van der Waals surface area contributed by atoms with Crippen LogP contribution in [0.2, 0.25) is 0 Å². The van der Waals surface area contributed by atoms with E-state index < -0.39 is 0 Å². The highest BCUT2D eigenvalue weighted by molar-refractivity contribution is 9.10. The molecular formula is C16H14BrNS. The molecule has 0 radical (unpaired) electrons. The molecule has 2 aromatic carbocycles. The van der Waals surface area contributed by atoms with Gasteiger partial charge in [-0.1, -0.05) is 34.1 Å². The summed E-state index contributed by atoms with van der Waals surface area (Å²) in [6.45, 7) is 2.20. The molecule has 0 aliphatic heterocycles. The second-order valence-electron chi connectivity index (χ2n) is 4.56. The van der Waals surface area contributed by atoms with Gasteiger partial charge in [0.15, 0.2) is 0 Å². The minimum Gasteiger partial charge on any atom is -0.378 e. The molecule has 1 atom stereocenters. The number of anilines is 1. The molecular weight excluding hydrogens is 318 g/mol. The summed E-state index contributed by atoms with van der Waals surface area (Å²) in [6.07, 6.45) is 0. The van der Waals surface area contributed by atoms with Gasteiger partial charge in [-0.05, 0) is 48.7 Å². The molecule has 96 valence electrons. The first kappa shape index (κ1) is 12.7. The van der Waals surface area contributed by atoms with Crippen LogP contribution in [-0.2, 0) is 0 Å². The average Bonchev–Trinajstić information content (AvgIpc) is 2.85. The maximum atomic E-state index is 3.54. The number of rotatable bonds is 3. The van der Waals surface area contributed by atoms with Crippen molar-refractivity contribution in [2.24, 2.45) is 0 Å². The van der Waals surface area contributed by atoms with Crippen LogP contribution >= 0.6 is 27.3 Å². The molecule has 1 unspecified atom stereocenters. The van der Waals surface area contributed by atoms with Crippen molar-refractivity contribution in [3.8, 4) is 0 Å². The molecule has 3 aromatic rings. The van der Waals surface area contributed by atoms with E-state index in [9.17, 15) is 0 Å². The summed E-state index contributed by atoms with van der Waals surface area (Å²) in [7, 11) is 0. The zero-order valence-electron chi connectivity index (χ0n) is 10.6. The van der Waals surface area contributed by atoms with E-state index in [2.05, 4.69) is 82.8 Å². The Kier molecular flexibility index (Phi) is 3.58. The quantitative estimate of drug-likeness (QED) is 0.635. The third-order valence-corrected chi connectivity index (χ3v) is 4.93. The zero-order chi connectivity index (χ0) is 13.2. The van der Waals surface area contributed by atoms with E-state index in [1.54, 1.807) is 0 Å². The zero-order valence-corrected chi connectivity index (χ0v) is 13.0. The first-order valence-electron chi connectivity index (χ1n) is 6.23. The third kappa shape index (κ3) is 2.82. The van der Waals surface area contributed by atoms with Gasteiger partial charge in [0, 0.05) is 19.7 Å². The smallest absolute Gasteiger partial charge is 0.0578 e. The maximum absolute atomic E-state index is 3.54. The molecule has 0 spiro atoms. The van der Waals surface area contributed by atoms with Crippen molar-refractivity contribution in [3.63, 3.8) is 0 Å². The number of nitrogens with one attached hydrogen (secondary N) is 1. The van der Waals surface area contributed by atoms with E-state index in [1.165, 1.54) is 15.0 Å². The number of thiophene rings is 1. The summed E-state index contributed by atoms with van der Waals surface area (Å²) in [4.78, 5) is 1.36. The minimum atomic E-state index is 0.318. The molecule has 1 nitrogen and oxygen atoms in total. The molecule has 1 aromatic heterocycles. The van der Waals surface area contributed by atoms with Gasteiger partial charge in [0.2, 0.25) is 0 Å². The Hall–Kier alpha value is -1.32. The summed E-state index contributed by atoms with van der Waals surface area (Å²) < 4.78 is 2.45. The van der Waals surface area contributed by atoms with Crippen LogP contribution in [0.1, 0.15) is 17.8 Å². The maximum Gasteiger partial charge on any atom is 0.0578 e. The van der Waals surface area contributed by atoms with Gasteiger partial charge < -0.3 is 5.32 Å². The van der Waals surface area contributed by atoms with Gasteiger partial charge in [0.25, 0.3) is 0 Å². The molecule has 1 N–H and O–H groups in total. The number of fused-ring (bicyclic) bond motifs is 1. The largest absolute Gasteiger partial charge is 0.378 e. The first-order chi connectivity index (χ1) is 9.22. The van der Waals surface area contributed by atoms with Crippen LogP contribution in [0.15, 0.2) is 59.1 Å². The van der Waals surface area contributed by atoms with Crippen LogP contribution < -0.4 is 5.32 Å². The van der Waals surface area contributed by atoms with Crippen LogP contribution in [0, 0.1) is 0 Å². The lowest BCUT2D eigenvalue weighted by Crippen LogP contribution is -2.04. The number of benzene rings is 2. The molecule has 0 bridgehead atoms. The molecule has 0 aliphatic rings. The number of halogens is 1. The topological polar surface area (TPSA) is 12.0 Å². The first-order valence-corrected chi connectivity index (χ1v) is 7.84.